The van der Waals surface area contributed by atoms with E-state index >= 15 is 0 Å². The maximum Gasteiger partial charge on any atom is 0.253 e. The number of anilines is 1. The molecule has 0 atom stereocenters. The third-order valence-corrected chi connectivity index (χ3v) is 3.70. The molecule has 24 heavy (non-hydrogen) atoms. The molecule has 2 aromatic heterocycles. The van der Waals surface area contributed by atoms with Gasteiger partial charge in [0.2, 0.25) is 5.89 Å². The van der Waals surface area contributed by atoms with Crippen LogP contribution in [0.15, 0.2) is 71.3 Å². The second kappa shape index (κ2) is 6.00. The van der Waals surface area contributed by atoms with Crippen LogP contribution in [0.1, 0.15) is 11.5 Å². The van der Waals surface area contributed by atoms with Crippen molar-refractivity contribution in [3.63, 3.8) is 0 Å². The van der Waals surface area contributed by atoms with E-state index in [1.807, 2.05) is 60.7 Å². The summed E-state index contributed by atoms with van der Waals surface area (Å²) < 4.78 is 7.40. The molecule has 0 bridgehead atoms. The molecule has 0 radical (unpaired) electrons. The smallest absolute Gasteiger partial charge is 0.253 e. The van der Waals surface area contributed by atoms with Gasteiger partial charge in [-0.25, -0.2) is 4.68 Å². The van der Waals surface area contributed by atoms with Crippen LogP contribution in [0, 0.1) is 0 Å². The predicted molar refractivity (Wildman–Crippen MR) is 90.5 cm³/mol. The van der Waals surface area contributed by atoms with E-state index in [9.17, 15) is 0 Å². The fourth-order valence-electron chi connectivity index (χ4n) is 2.50. The van der Waals surface area contributed by atoms with E-state index in [4.69, 9.17) is 10.2 Å². The molecule has 2 N–H and O–H groups in total. The Morgan fingerprint density at radius 2 is 1.62 bits per heavy atom. The van der Waals surface area contributed by atoms with Crippen LogP contribution in [0.4, 0.5) is 5.82 Å². The zero-order chi connectivity index (χ0) is 16.4. The minimum absolute atomic E-state index is 0.376. The molecule has 118 valence electrons. The van der Waals surface area contributed by atoms with Crippen molar-refractivity contribution in [1.82, 2.24) is 20.0 Å². The molecule has 0 aliphatic carbocycles. The van der Waals surface area contributed by atoms with Crippen molar-refractivity contribution < 1.29 is 4.42 Å². The maximum absolute atomic E-state index is 6.20. The van der Waals surface area contributed by atoms with Crippen LogP contribution in [-0.2, 0) is 6.42 Å². The summed E-state index contributed by atoms with van der Waals surface area (Å²) in [6.07, 6.45) is 2.22. The Morgan fingerprint density at radius 1 is 0.917 bits per heavy atom. The Balaban J connectivity index is 1.62. The minimum atomic E-state index is 0.376. The molecular weight excluding hydrogens is 302 g/mol. The van der Waals surface area contributed by atoms with E-state index in [1.165, 1.54) is 0 Å². The average Bonchev–Trinajstić information content (AvgIpc) is 3.23. The van der Waals surface area contributed by atoms with Gasteiger partial charge in [-0.15, -0.1) is 10.2 Å². The first-order valence-corrected chi connectivity index (χ1v) is 7.57. The number of rotatable bonds is 4. The van der Waals surface area contributed by atoms with Crippen molar-refractivity contribution in [2.75, 3.05) is 5.73 Å². The summed E-state index contributed by atoms with van der Waals surface area (Å²) in [5, 5.41) is 12.5. The molecule has 0 saturated heterocycles. The van der Waals surface area contributed by atoms with Crippen molar-refractivity contribution in [3.8, 4) is 17.1 Å². The van der Waals surface area contributed by atoms with Gasteiger partial charge in [0.1, 0.15) is 11.4 Å². The van der Waals surface area contributed by atoms with Crippen LogP contribution in [0.3, 0.4) is 0 Å². The molecule has 4 aromatic rings. The summed E-state index contributed by atoms with van der Waals surface area (Å²) in [5.41, 5.74) is 8.82. The second-order valence-corrected chi connectivity index (χ2v) is 5.35. The Bertz CT molecular complexity index is 944. The van der Waals surface area contributed by atoms with Gasteiger partial charge in [0.25, 0.3) is 5.89 Å². The molecular formula is C18H15N5O. The zero-order valence-electron chi connectivity index (χ0n) is 12.8. The van der Waals surface area contributed by atoms with E-state index in [2.05, 4.69) is 15.3 Å². The molecule has 0 amide bonds. The van der Waals surface area contributed by atoms with Gasteiger partial charge in [0, 0.05) is 0 Å². The monoisotopic (exact) mass is 317 g/mol. The summed E-state index contributed by atoms with van der Waals surface area (Å²) in [4.78, 5) is 0. The normalized spacial score (nSPS) is 10.8. The Hall–Kier alpha value is -3.41. The van der Waals surface area contributed by atoms with Gasteiger partial charge in [0.05, 0.1) is 18.3 Å². The molecule has 6 nitrogen and oxygen atoms in total. The molecule has 0 aliphatic heterocycles. The maximum atomic E-state index is 6.20. The zero-order valence-corrected chi connectivity index (χ0v) is 12.8. The van der Waals surface area contributed by atoms with Crippen LogP contribution in [0.25, 0.3) is 17.1 Å². The lowest BCUT2D eigenvalue weighted by molar-refractivity contribution is 0.518. The number of aromatic nitrogens is 4. The van der Waals surface area contributed by atoms with E-state index in [0.29, 0.717) is 29.6 Å². The third kappa shape index (κ3) is 2.65. The summed E-state index contributed by atoms with van der Waals surface area (Å²) in [6.45, 7) is 0. The standard InChI is InChI=1S/C18H15N5O/c19-17-15(12-20-23(17)14-9-5-2-6-10-14)18-22-21-16(24-18)11-13-7-3-1-4-8-13/h1-10,12H,11,19H2. The predicted octanol–water partition coefficient (Wildman–Crippen LogP) is 3.10. The molecule has 0 unspecified atom stereocenters. The number of benzene rings is 2. The highest BCUT2D eigenvalue weighted by Crippen LogP contribution is 2.27. The van der Waals surface area contributed by atoms with Gasteiger partial charge < -0.3 is 10.2 Å². The summed E-state index contributed by atoms with van der Waals surface area (Å²) in [6, 6.07) is 19.6. The highest BCUT2D eigenvalue weighted by Gasteiger charge is 2.17. The molecule has 6 heteroatoms. The number of nitrogens with two attached hydrogens (primary N) is 1. The third-order valence-electron chi connectivity index (χ3n) is 3.70. The Morgan fingerprint density at radius 3 is 2.38 bits per heavy atom. The summed E-state index contributed by atoms with van der Waals surface area (Å²) in [7, 11) is 0. The number of nitrogens with zero attached hydrogens (tertiary/aromatic N) is 4. The molecule has 0 saturated carbocycles. The quantitative estimate of drug-likeness (QED) is 0.625. The van der Waals surface area contributed by atoms with E-state index < -0.39 is 0 Å². The SMILES string of the molecule is Nc1c(-c2nnc(Cc3ccccc3)o2)cnn1-c1ccccc1. The number of nitrogen functional groups attached to an aromatic ring is 1. The summed E-state index contributed by atoms with van der Waals surface area (Å²) in [5.74, 6) is 1.39. The van der Waals surface area contributed by atoms with Gasteiger partial charge in [0.15, 0.2) is 0 Å². The second-order valence-electron chi connectivity index (χ2n) is 5.35. The fraction of sp³-hybridized carbons (Fsp3) is 0.0556. The lowest BCUT2D eigenvalue weighted by Crippen LogP contribution is -2.01. The molecule has 4 rings (SSSR count). The average molecular weight is 317 g/mol. The lowest BCUT2D eigenvalue weighted by Gasteiger charge is -2.03. The van der Waals surface area contributed by atoms with Gasteiger partial charge in [-0.3, -0.25) is 0 Å². The molecule has 0 fully saturated rings. The van der Waals surface area contributed by atoms with Crippen molar-refractivity contribution in [2.45, 2.75) is 6.42 Å². The topological polar surface area (TPSA) is 82.8 Å². The first kappa shape index (κ1) is 14.2. The van der Waals surface area contributed by atoms with Crippen LogP contribution in [0.2, 0.25) is 0 Å². The van der Waals surface area contributed by atoms with Crippen molar-refractivity contribution >= 4 is 5.82 Å². The molecule has 0 spiro atoms. The fourth-order valence-corrected chi connectivity index (χ4v) is 2.50. The number of hydrogen-bond donors (Lipinski definition) is 1. The molecule has 2 aromatic carbocycles. The highest BCUT2D eigenvalue weighted by molar-refractivity contribution is 5.68. The number of para-hydroxylation sites is 1. The van der Waals surface area contributed by atoms with E-state index in [1.54, 1.807) is 10.9 Å². The lowest BCUT2D eigenvalue weighted by atomic mass is 10.2. The van der Waals surface area contributed by atoms with Crippen molar-refractivity contribution in [2.24, 2.45) is 0 Å². The van der Waals surface area contributed by atoms with Crippen LogP contribution < -0.4 is 5.73 Å². The largest absolute Gasteiger partial charge is 0.420 e. The number of hydrogen-bond acceptors (Lipinski definition) is 5. The summed E-state index contributed by atoms with van der Waals surface area (Å²) >= 11 is 0. The molecule has 2 heterocycles. The highest BCUT2D eigenvalue weighted by atomic mass is 16.4. The Kier molecular flexibility index (Phi) is 3.55. The van der Waals surface area contributed by atoms with Gasteiger partial charge >= 0.3 is 0 Å². The van der Waals surface area contributed by atoms with Crippen molar-refractivity contribution in [3.05, 3.63) is 78.3 Å². The Labute approximate surface area is 138 Å². The van der Waals surface area contributed by atoms with Gasteiger partial charge in [-0.2, -0.15) is 5.10 Å². The van der Waals surface area contributed by atoms with E-state index in [-0.39, 0.29) is 0 Å². The van der Waals surface area contributed by atoms with Crippen LogP contribution >= 0.6 is 0 Å². The van der Waals surface area contributed by atoms with Crippen LogP contribution in [0.5, 0.6) is 0 Å². The van der Waals surface area contributed by atoms with Gasteiger partial charge in [-0.05, 0) is 17.7 Å². The van der Waals surface area contributed by atoms with Crippen LogP contribution in [-0.4, -0.2) is 20.0 Å². The van der Waals surface area contributed by atoms with E-state index in [0.717, 1.165) is 11.3 Å². The first-order chi connectivity index (χ1) is 11.8. The van der Waals surface area contributed by atoms with Crippen molar-refractivity contribution in [1.29, 1.82) is 0 Å². The molecule has 0 aliphatic rings. The first-order valence-electron chi connectivity index (χ1n) is 7.57. The van der Waals surface area contributed by atoms with Gasteiger partial charge in [-0.1, -0.05) is 48.5 Å². The minimum Gasteiger partial charge on any atom is -0.420 e.